The zero-order valence-corrected chi connectivity index (χ0v) is 16.7. The molecule has 3 heterocycles. The van der Waals surface area contributed by atoms with E-state index in [1.54, 1.807) is 11.8 Å². The lowest BCUT2D eigenvalue weighted by molar-refractivity contribution is 0.173. The number of sulfone groups is 1. The van der Waals surface area contributed by atoms with Gasteiger partial charge in [-0.05, 0) is 40.0 Å². The molecule has 0 amide bonds. The van der Waals surface area contributed by atoms with E-state index in [0.29, 0.717) is 12.2 Å². The number of nitrogens with zero attached hydrogens (tertiary/aromatic N) is 3. The van der Waals surface area contributed by atoms with E-state index < -0.39 is 9.84 Å². The number of fused-ring (bicyclic) bond motifs is 1. The second-order valence-corrected chi connectivity index (χ2v) is 10.1. The van der Waals surface area contributed by atoms with Crippen molar-refractivity contribution in [2.45, 2.75) is 23.2 Å². The fourth-order valence-corrected chi connectivity index (χ4v) is 6.25. The monoisotopic (exact) mass is 445 g/mol. The van der Waals surface area contributed by atoms with Gasteiger partial charge in [-0.3, -0.25) is 0 Å². The van der Waals surface area contributed by atoms with Gasteiger partial charge < -0.3 is 14.0 Å². The summed E-state index contributed by atoms with van der Waals surface area (Å²) in [6.45, 7) is 0.238. The number of aromatic nitrogens is 3. The lowest BCUT2D eigenvalue weighted by atomic mass is 10.1. The zero-order chi connectivity index (χ0) is 17.6. The Balaban J connectivity index is 1.48. The topological polar surface area (TPSA) is 83.3 Å². The summed E-state index contributed by atoms with van der Waals surface area (Å²) in [6, 6.07) is 3.96. The van der Waals surface area contributed by atoms with Crippen molar-refractivity contribution < 1.29 is 17.9 Å². The summed E-state index contributed by atoms with van der Waals surface area (Å²) in [6.07, 6.45) is 0.619. The third-order valence-electron chi connectivity index (χ3n) is 4.32. The molecule has 0 saturated carbocycles. The molecule has 1 aromatic carbocycles. The van der Waals surface area contributed by atoms with Crippen LogP contribution in [-0.4, -0.2) is 41.5 Å². The van der Waals surface area contributed by atoms with Crippen molar-refractivity contribution in [3.63, 3.8) is 0 Å². The van der Waals surface area contributed by atoms with E-state index in [1.807, 2.05) is 23.7 Å². The summed E-state index contributed by atoms with van der Waals surface area (Å²) >= 11 is 5.05. The first-order chi connectivity index (χ1) is 11.9. The fraction of sp³-hybridized carbons (Fsp3) is 0.467. The molecule has 1 atom stereocenters. The number of thioether (sulfide) groups is 1. The maximum Gasteiger partial charge on any atom is 0.231 e. The van der Waals surface area contributed by atoms with Crippen LogP contribution in [0.2, 0.25) is 0 Å². The summed E-state index contributed by atoms with van der Waals surface area (Å²) in [5.74, 6) is 3.25. The summed E-state index contributed by atoms with van der Waals surface area (Å²) in [7, 11) is -1.05. The quantitative estimate of drug-likeness (QED) is 0.668. The van der Waals surface area contributed by atoms with Crippen molar-refractivity contribution in [2.24, 2.45) is 7.05 Å². The number of ether oxygens (including phenoxy) is 2. The van der Waals surface area contributed by atoms with Crippen LogP contribution in [0.1, 0.15) is 23.7 Å². The highest BCUT2D eigenvalue weighted by molar-refractivity contribution is 9.10. The standard InChI is InChI=1S/C15H16BrN3O4S2/c1-19-14(10-2-3-25(20,21)7-10)17-18-15(19)24-6-9-4-11(16)13-12(5-9)22-8-23-13/h4-5,10H,2-3,6-8H2,1H3/t10-/m1/s1. The Morgan fingerprint density at radius 3 is 2.96 bits per heavy atom. The largest absolute Gasteiger partial charge is 0.454 e. The normalized spacial score (nSPS) is 21.0. The predicted molar refractivity (Wildman–Crippen MR) is 96.8 cm³/mol. The number of hydrogen-bond acceptors (Lipinski definition) is 7. The minimum absolute atomic E-state index is 0.0588. The minimum Gasteiger partial charge on any atom is -0.454 e. The molecule has 2 aliphatic rings. The van der Waals surface area contributed by atoms with E-state index in [9.17, 15) is 8.42 Å². The highest BCUT2D eigenvalue weighted by Crippen LogP contribution is 2.41. The van der Waals surface area contributed by atoms with Gasteiger partial charge in [-0.1, -0.05) is 11.8 Å². The maximum absolute atomic E-state index is 11.7. The lowest BCUT2D eigenvalue weighted by Gasteiger charge is -2.08. The Labute approximate surface area is 158 Å². The van der Waals surface area contributed by atoms with E-state index in [2.05, 4.69) is 26.1 Å². The first kappa shape index (κ1) is 17.2. The van der Waals surface area contributed by atoms with Crippen molar-refractivity contribution >= 4 is 37.5 Å². The molecular weight excluding hydrogens is 430 g/mol. The first-order valence-electron chi connectivity index (χ1n) is 7.73. The third-order valence-corrected chi connectivity index (χ3v) is 7.77. The molecule has 10 heteroatoms. The van der Waals surface area contributed by atoms with Crippen LogP contribution in [0.4, 0.5) is 0 Å². The Hall–Kier alpha value is -1.26. The van der Waals surface area contributed by atoms with Gasteiger partial charge in [0.25, 0.3) is 0 Å². The van der Waals surface area contributed by atoms with Gasteiger partial charge in [0.05, 0.1) is 16.0 Å². The average molecular weight is 446 g/mol. The van der Waals surface area contributed by atoms with Gasteiger partial charge >= 0.3 is 0 Å². The molecule has 2 aliphatic heterocycles. The van der Waals surface area contributed by atoms with Crippen LogP contribution >= 0.6 is 27.7 Å². The maximum atomic E-state index is 11.7. The predicted octanol–water partition coefficient (Wildman–Crippen LogP) is 2.50. The molecule has 0 unspecified atom stereocenters. The molecule has 0 radical (unpaired) electrons. The summed E-state index contributed by atoms with van der Waals surface area (Å²) in [5.41, 5.74) is 1.08. The molecule has 1 aromatic heterocycles. The molecule has 25 heavy (non-hydrogen) atoms. The molecule has 2 aromatic rings. The van der Waals surface area contributed by atoms with Crippen molar-refractivity contribution in [1.82, 2.24) is 14.8 Å². The number of halogens is 1. The molecule has 0 bridgehead atoms. The number of benzene rings is 1. The van der Waals surface area contributed by atoms with Crippen LogP contribution in [-0.2, 0) is 22.6 Å². The molecule has 7 nitrogen and oxygen atoms in total. The average Bonchev–Trinajstić information content (AvgIpc) is 3.24. The molecule has 1 fully saturated rings. The summed E-state index contributed by atoms with van der Waals surface area (Å²) in [5, 5.41) is 9.23. The highest BCUT2D eigenvalue weighted by Gasteiger charge is 2.32. The second kappa shape index (κ2) is 6.48. The van der Waals surface area contributed by atoms with Crippen molar-refractivity contribution in [3.8, 4) is 11.5 Å². The van der Waals surface area contributed by atoms with Crippen LogP contribution in [0, 0.1) is 0 Å². The molecule has 0 N–H and O–H groups in total. The first-order valence-corrected chi connectivity index (χ1v) is 11.3. The Morgan fingerprint density at radius 1 is 1.36 bits per heavy atom. The Bertz CT molecular complexity index is 929. The fourth-order valence-electron chi connectivity index (χ4n) is 3.06. The van der Waals surface area contributed by atoms with Gasteiger partial charge in [0.1, 0.15) is 5.82 Å². The zero-order valence-electron chi connectivity index (χ0n) is 13.4. The van der Waals surface area contributed by atoms with E-state index in [-0.39, 0.29) is 24.2 Å². The number of hydrogen-bond donors (Lipinski definition) is 0. The van der Waals surface area contributed by atoms with Crippen molar-refractivity contribution in [1.29, 1.82) is 0 Å². The van der Waals surface area contributed by atoms with E-state index in [4.69, 9.17) is 9.47 Å². The van der Waals surface area contributed by atoms with Crippen LogP contribution in [0.15, 0.2) is 21.8 Å². The summed E-state index contributed by atoms with van der Waals surface area (Å²) in [4.78, 5) is 0. The van der Waals surface area contributed by atoms with Crippen molar-refractivity contribution in [2.75, 3.05) is 18.3 Å². The summed E-state index contributed by atoms with van der Waals surface area (Å²) < 4.78 is 37.0. The van der Waals surface area contributed by atoms with Crippen LogP contribution in [0.5, 0.6) is 11.5 Å². The third kappa shape index (κ3) is 3.39. The van der Waals surface area contributed by atoms with Gasteiger partial charge in [-0.15, -0.1) is 10.2 Å². The smallest absolute Gasteiger partial charge is 0.231 e. The molecule has 0 aliphatic carbocycles. The highest BCUT2D eigenvalue weighted by atomic mass is 79.9. The molecular formula is C15H16BrN3O4S2. The lowest BCUT2D eigenvalue weighted by Crippen LogP contribution is -2.09. The molecule has 1 saturated heterocycles. The Kier molecular flexibility index (Phi) is 4.45. The van der Waals surface area contributed by atoms with Crippen molar-refractivity contribution in [3.05, 3.63) is 28.0 Å². The molecule has 0 spiro atoms. The second-order valence-electron chi connectivity index (χ2n) is 6.10. The van der Waals surface area contributed by atoms with Crippen LogP contribution < -0.4 is 9.47 Å². The van der Waals surface area contributed by atoms with Gasteiger partial charge in [0, 0.05) is 18.7 Å². The number of rotatable bonds is 4. The van der Waals surface area contributed by atoms with Crippen LogP contribution in [0.3, 0.4) is 0 Å². The Morgan fingerprint density at radius 2 is 2.20 bits per heavy atom. The van der Waals surface area contributed by atoms with Crippen LogP contribution in [0.25, 0.3) is 0 Å². The van der Waals surface area contributed by atoms with Gasteiger partial charge in [-0.25, -0.2) is 8.42 Å². The van der Waals surface area contributed by atoms with E-state index in [1.165, 1.54) is 0 Å². The van der Waals surface area contributed by atoms with Gasteiger partial charge in [0.15, 0.2) is 26.5 Å². The molecule has 134 valence electrons. The minimum atomic E-state index is -2.94. The van der Waals surface area contributed by atoms with Gasteiger partial charge in [-0.2, -0.15) is 0 Å². The molecule has 4 rings (SSSR count). The van der Waals surface area contributed by atoms with E-state index in [0.717, 1.165) is 32.5 Å². The van der Waals surface area contributed by atoms with Gasteiger partial charge in [0.2, 0.25) is 6.79 Å². The SMILES string of the molecule is Cn1c(SCc2cc(Br)c3c(c2)OCO3)nnc1[C@@H]1CCS(=O)(=O)C1. The van der Waals surface area contributed by atoms with E-state index >= 15 is 0 Å².